The van der Waals surface area contributed by atoms with Gasteiger partial charge in [0.15, 0.2) is 0 Å². The predicted molar refractivity (Wildman–Crippen MR) is 97.5 cm³/mol. The van der Waals surface area contributed by atoms with Crippen LogP contribution < -0.4 is 10.1 Å². The summed E-state index contributed by atoms with van der Waals surface area (Å²) >= 11 is 6.40. The van der Waals surface area contributed by atoms with Crippen LogP contribution in [0.5, 0.6) is 5.75 Å². The number of halogens is 1. The molecule has 0 saturated carbocycles. The van der Waals surface area contributed by atoms with Gasteiger partial charge < -0.3 is 10.1 Å². The van der Waals surface area contributed by atoms with E-state index < -0.39 is 0 Å². The Balaban J connectivity index is 1.80. The maximum atomic E-state index is 11.2. The summed E-state index contributed by atoms with van der Waals surface area (Å²) in [6.45, 7) is 0. The van der Waals surface area contributed by atoms with Crippen LogP contribution in [0.1, 0.15) is 29.5 Å². The number of nitro benzene ring substituents is 1. The van der Waals surface area contributed by atoms with Crippen LogP contribution in [-0.2, 0) is 0 Å². The fraction of sp³-hybridized carbons (Fsp3) is 0.263. The van der Waals surface area contributed by atoms with Gasteiger partial charge in [-0.2, -0.15) is 0 Å². The van der Waals surface area contributed by atoms with Crippen LogP contribution in [0.2, 0.25) is 5.02 Å². The first-order valence-electron chi connectivity index (χ1n) is 8.13. The highest BCUT2D eigenvalue weighted by molar-refractivity contribution is 6.31. The normalized spacial score (nSPS) is 23.5. The van der Waals surface area contributed by atoms with Gasteiger partial charge in [-0.1, -0.05) is 23.8 Å². The largest absolute Gasteiger partial charge is 0.497 e. The van der Waals surface area contributed by atoms with Crippen LogP contribution in [0.4, 0.5) is 11.4 Å². The number of hydrogen-bond acceptors (Lipinski definition) is 4. The fourth-order valence-corrected chi connectivity index (χ4v) is 4.13. The quantitative estimate of drug-likeness (QED) is 0.473. The van der Waals surface area contributed by atoms with Crippen molar-refractivity contribution in [2.75, 3.05) is 12.4 Å². The smallest absolute Gasteiger partial charge is 0.269 e. The van der Waals surface area contributed by atoms with E-state index in [1.165, 1.54) is 11.6 Å². The predicted octanol–water partition coefficient (Wildman–Crippen LogP) is 5.08. The summed E-state index contributed by atoms with van der Waals surface area (Å²) in [7, 11) is 1.66. The Morgan fingerprint density at radius 3 is 2.84 bits per heavy atom. The molecule has 0 spiro atoms. The second-order valence-electron chi connectivity index (χ2n) is 6.39. The van der Waals surface area contributed by atoms with E-state index >= 15 is 0 Å². The lowest BCUT2D eigenvalue weighted by molar-refractivity contribution is -0.384. The Labute approximate surface area is 150 Å². The van der Waals surface area contributed by atoms with Gasteiger partial charge in [-0.05, 0) is 42.2 Å². The van der Waals surface area contributed by atoms with Crippen molar-refractivity contribution in [2.45, 2.75) is 18.4 Å². The van der Waals surface area contributed by atoms with Gasteiger partial charge in [0.25, 0.3) is 5.69 Å². The number of nitrogens with one attached hydrogen (secondary N) is 1. The van der Waals surface area contributed by atoms with Gasteiger partial charge in [0.1, 0.15) is 5.75 Å². The zero-order valence-electron chi connectivity index (χ0n) is 13.6. The third kappa shape index (κ3) is 2.65. The molecular formula is C19H17ClN2O3. The molecule has 5 nitrogen and oxygen atoms in total. The van der Waals surface area contributed by atoms with Crippen LogP contribution in [0, 0.1) is 16.0 Å². The Morgan fingerprint density at radius 2 is 2.08 bits per heavy atom. The monoisotopic (exact) mass is 356 g/mol. The molecule has 1 aliphatic carbocycles. The summed E-state index contributed by atoms with van der Waals surface area (Å²) in [6.07, 6.45) is 5.28. The molecule has 128 valence electrons. The summed E-state index contributed by atoms with van der Waals surface area (Å²) in [5.74, 6) is 1.33. The van der Waals surface area contributed by atoms with E-state index in [-0.39, 0.29) is 28.5 Å². The molecule has 2 aliphatic rings. The van der Waals surface area contributed by atoms with E-state index in [0.717, 1.165) is 23.4 Å². The number of ether oxygens (including phenoxy) is 1. The van der Waals surface area contributed by atoms with Gasteiger partial charge in [0, 0.05) is 34.3 Å². The van der Waals surface area contributed by atoms with Crippen molar-refractivity contribution in [1.82, 2.24) is 0 Å². The SMILES string of the molecule is COc1ccc2c(c1)[C@@H]1C=CC[C@H]1[C@H](c1cc([N+](=O)[O-])ccc1Cl)N2. The van der Waals surface area contributed by atoms with Crippen molar-refractivity contribution in [3.63, 3.8) is 0 Å². The minimum atomic E-state index is -0.383. The molecule has 1 heterocycles. The lowest BCUT2D eigenvalue weighted by Gasteiger charge is -2.37. The highest BCUT2D eigenvalue weighted by atomic mass is 35.5. The molecule has 4 rings (SSSR count). The van der Waals surface area contributed by atoms with Crippen LogP contribution in [-0.4, -0.2) is 12.0 Å². The summed E-state index contributed by atoms with van der Waals surface area (Å²) in [5.41, 5.74) is 3.04. The number of allylic oxidation sites excluding steroid dienone is 2. The molecule has 0 unspecified atom stereocenters. The second-order valence-corrected chi connectivity index (χ2v) is 6.80. The van der Waals surface area contributed by atoms with Gasteiger partial charge in [-0.15, -0.1) is 0 Å². The number of nitrogens with zero attached hydrogens (tertiary/aromatic N) is 1. The summed E-state index contributed by atoms with van der Waals surface area (Å²) in [5, 5.41) is 15.2. The van der Waals surface area contributed by atoms with Crippen LogP contribution in [0.25, 0.3) is 0 Å². The number of fused-ring (bicyclic) bond motifs is 3. The highest BCUT2D eigenvalue weighted by Crippen LogP contribution is 2.51. The number of nitro groups is 1. The van der Waals surface area contributed by atoms with Crippen molar-refractivity contribution in [3.05, 3.63) is 74.8 Å². The van der Waals surface area contributed by atoms with Crippen molar-refractivity contribution in [3.8, 4) is 5.75 Å². The first-order chi connectivity index (χ1) is 12.1. The van der Waals surface area contributed by atoms with E-state index in [4.69, 9.17) is 16.3 Å². The number of hydrogen-bond donors (Lipinski definition) is 1. The minimum absolute atomic E-state index is 0.0595. The van der Waals surface area contributed by atoms with E-state index in [1.807, 2.05) is 12.1 Å². The molecular weight excluding hydrogens is 340 g/mol. The standard InChI is InChI=1S/C19H17ClN2O3/c1-25-12-6-8-18-15(10-12)13-3-2-4-14(13)19(21-18)16-9-11(22(23)24)5-7-17(16)20/h2-3,5-10,13-14,19,21H,4H2,1H3/t13-,14-,19-/m1/s1. The molecule has 6 heteroatoms. The zero-order chi connectivity index (χ0) is 17.6. The van der Waals surface area contributed by atoms with Crippen LogP contribution in [0.3, 0.4) is 0 Å². The second kappa shape index (κ2) is 6.08. The first-order valence-corrected chi connectivity index (χ1v) is 8.51. The third-order valence-electron chi connectivity index (χ3n) is 5.10. The number of methoxy groups -OCH3 is 1. The maximum absolute atomic E-state index is 11.2. The number of anilines is 1. The van der Waals surface area contributed by atoms with E-state index in [2.05, 4.69) is 23.5 Å². The van der Waals surface area contributed by atoms with E-state index in [1.54, 1.807) is 19.2 Å². The molecule has 0 fully saturated rings. The topological polar surface area (TPSA) is 64.4 Å². The molecule has 0 aromatic heterocycles. The van der Waals surface area contributed by atoms with Crippen molar-refractivity contribution in [1.29, 1.82) is 0 Å². The van der Waals surface area contributed by atoms with Gasteiger partial charge in [0.05, 0.1) is 18.1 Å². The summed E-state index contributed by atoms with van der Waals surface area (Å²) in [4.78, 5) is 10.8. The minimum Gasteiger partial charge on any atom is -0.497 e. The fourth-order valence-electron chi connectivity index (χ4n) is 3.89. The van der Waals surface area contributed by atoms with Crippen LogP contribution >= 0.6 is 11.6 Å². The Bertz CT molecular complexity index is 881. The van der Waals surface area contributed by atoms with Crippen molar-refractivity contribution >= 4 is 23.0 Å². The van der Waals surface area contributed by atoms with Crippen molar-refractivity contribution in [2.24, 2.45) is 5.92 Å². The molecule has 1 N–H and O–H groups in total. The average Bonchev–Trinajstić information content (AvgIpc) is 3.11. The molecule has 3 atom stereocenters. The summed E-state index contributed by atoms with van der Waals surface area (Å²) in [6, 6.07) is 10.5. The van der Waals surface area contributed by atoms with Crippen molar-refractivity contribution < 1.29 is 9.66 Å². The maximum Gasteiger partial charge on any atom is 0.269 e. The molecule has 0 bridgehead atoms. The van der Waals surface area contributed by atoms with Gasteiger partial charge in [0.2, 0.25) is 0 Å². The first kappa shape index (κ1) is 16.0. The van der Waals surface area contributed by atoms with E-state index in [0.29, 0.717) is 5.02 Å². The molecule has 2 aromatic carbocycles. The molecule has 0 saturated heterocycles. The number of benzene rings is 2. The Hall–Kier alpha value is -2.53. The third-order valence-corrected chi connectivity index (χ3v) is 5.44. The lowest BCUT2D eigenvalue weighted by Crippen LogP contribution is -2.29. The molecule has 25 heavy (non-hydrogen) atoms. The number of non-ortho nitro benzene ring substituents is 1. The van der Waals surface area contributed by atoms with Gasteiger partial charge >= 0.3 is 0 Å². The highest BCUT2D eigenvalue weighted by Gasteiger charge is 2.39. The number of rotatable bonds is 3. The van der Waals surface area contributed by atoms with Crippen LogP contribution in [0.15, 0.2) is 48.6 Å². The lowest BCUT2D eigenvalue weighted by atomic mass is 9.77. The Kier molecular flexibility index (Phi) is 3.88. The molecule has 0 radical (unpaired) electrons. The molecule has 2 aromatic rings. The Morgan fingerprint density at radius 1 is 1.24 bits per heavy atom. The van der Waals surface area contributed by atoms with Gasteiger partial charge in [-0.3, -0.25) is 10.1 Å². The zero-order valence-corrected chi connectivity index (χ0v) is 14.4. The summed E-state index contributed by atoms with van der Waals surface area (Å²) < 4.78 is 5.35. The average molecular weight is 357 g/mol. The molecule has 0 amide bonds. The molecule has 1 aliphatic heterocycles. The van der Waals surface area contributed by atoms with Gasteiger partial charge in [-0.25, -0.2) is 0 Å². The van der Waals surface area contributed by atoms with E-state index in [9.17, 15) is 10.1 Å².